The quantitative estimate of drug-likeness (QED) is 0.558. The summed E-state index contributed by atoms with van der Waals surface area (Å²) in [4.78, 5) is 26.9. The van der Waals surface area contributed by atoms with Crippen molar-refractivity contribution in [1.29, 1.82) is 0 Å². The van der Waals surface area contributed by atoms with E-state index in [0.29, 0.717) is 5.02 Å². The Balaban J connectivity index is 2.05. The summed E-state index contributed by atoms with van der Waals surface area (Å²) >= 11 is 5.99. The molecule has 0 aliphatic rings. The van der Waals surface area contributed by atoms with E-state index in [0.717, 1.165) is 22.4 Å². The highest BCUT2D eigenvalue weighted by atomic mass is 35.5. The molecule has 0 aliphatic carbocycles. The first-order chi connectivity index (χ1) is 14.6. The van der Waals surface area contributed by atoms with E-state index in [9.17, 15) is 22.8 Å². The monoisotopic (exact) mass is 449 g/mol. The van der Waals surface area contributed by atoms with E-state index < -0.39 is 28.8 Å². The molecule has 0 unspecified atom stereocenters. The molecule has 1 amide bonds. The summed E-state index contributed by atoms with van der Waals surface area (Å²) in [7, 11) is 0. The number of hydrogen-bond acceptors (Lipinski definition) is 3. The fraction of sp³-hybridized carbons (Fsp3) is 0.227. The van der Waals surface area contributed by atoms with Crippen molar-refractivity contribution in [2.75, 3.05) is 6.54 Å². The smallest absolute Gasteiger partial charge is 0.333 e. The second kappa shape index (κ2) is 8.93. The molecule has 0 saturated carbocycles. The second-order valence-corrected chi connectivity index (χ2v) is 7.31. The minimum atomic E-state index is -4.62. The van der Waals surface area contributed by atoms with Crippen LogP contribution in [0.1, 0.15) is 34.2 Å². The van der Waals surface area contributed by atoms with E-state index in [1.54, 1.807) is 31.2 Å². The third-order valence-corrected chi connectivity index (χ3v) is 4.91. The number of para-hydroxylation sites is 1. The molecular weight excluding hydrogens is 431 g/mol. The number of hydrogen-bond donors (Lipinski definition) is 0. The summed E-state index contributed by atoms with van der Waals surface area (Å²) in [5, 5.41) is 4.53. The van der Waals surface area contributed by atoms with Crippen LogP contribution in [0, 0.1) is 6.92 Å². The first-order valence-corrected chi connectivity index (χ1v) is 9.81. The highest BCUT2D eigenvalue weighted by Crippen LogP contribution is 2.33. The topological polar surface area (TPSA) is 55.2 Å². The molecule has 0 spiro atoms. The van der Waals surface area contributed by atoms with Crippen molar-refractivity contribution >= 4 is 17.5 Å². The standard InChI is InChI=1S/C22H19ClF3N3O2/c1-3-28(13-15-7-6-8-16(23)12-15)21(31)20-19(30)11-14(2)29(27-20)18-10-5-4-9-17(18)22(24,25)26/h4-12H,3,13H2,1-2H3. The first kappa shape index (κ1) is 22.6. The molecule has 9 heteroatoms. The molecule has 0 saturated heterocycles. The van der Waals surface area contributed by atoms with Gasteiger partial charge in [-0.25, -0.2) is 4.68 Å². The van der Waals surface area contributed by atoms with Crippen LogP contribution >= 0.6 is 11.6 Å². The zero-order valence-electron chi connectivity index (χ0n) is 16.8. The molecule has 0 fully saturated rings. The summed E-state index contributed by atoms with van der Waals surface area (Å²) in [5.74, 6) is -0.675. The highest BCUT2D eigenvalue weighted by molar-refractivity contribution is 6.30. The SMILES string of the molecule is CCN(Cc1cccc(Cl)c1)C(=O)c1nn(-c2ccccc2C(F)(F)F)c(C)cc1=O. The zero-order valence-corrected chi connectivity index (χ0v) is 17.5. The van der Waals surface area contributed by atoms with Gasteiger partial charge in [-0.15, -0.1) is 0 Å². The Bertz CT molecular complexity index is 1180. The maximum Gasteiger partial charge on any atom is 0.418 e. The lowest BCUT2D eigenvalue weighted by atomic mass is 10.1. The molecule has 0 atom stereocenters. The number of alkyl halides is 3. The summed E-state index contributed by atoms with van der Waals surface area (Å²) in [6, 6.07) is 12.9. The van der Waals surface area contributed by atoms with Crippen LogP contribution in [0.4, 0.5) is 13.2 Å². The maximum absolute atomic E-state index is 13.5. The Morgan fingerprint density at radius 1 is 1.13 bits per heavy atom. The Morgan fingerprint density at radius 3 is 2.48 bits per heavy atom. The number of rotatable bonds is 5. The van der Waals surface area contributed by atoms with Crippen LogP contribution in [0.2, 0.25) is 5.02 Å². The van der Waals surface area contributed by atoms with Crippen LogP contribution in [-0.2, 0) is 12.7 Å². The fourth-order valence-corrected chi connectivity index (χ4v) is 3.38. The second-order valence-electron chi connectivity index (χ2n) is 6.87. The largest absolute Gasteiger partial charge is 0.418 e. The van der Waals surface area contributed by atoms with Crippen molar-refractivity contribution < 1.29 is 18.0 Å². The number of aromatic nitrogens is 2. The molecular formula is C22H19ClF3N3O2. The molecule has 5 nitrogen and oxygen atoms in total. The Labute approximate surface area is 181 Å². The van der Waals surface area contributed by atoms with Gasteiger partial charge in [-0.1, -0.05) is 35.9 Å². The number of amides is 1. The predicted molar refractivity (Wildman–Crippen MR) is 111 cm³/mol. The van der Waals surface area contributed by atoms with E-state index in [-0.39, 0.29) is 24.5 Å². The van der Waals surface area contributed by atoms with E-state index in [1.165, 1.54) is 30.0 Å². The molecule has 3 aromatic rings. The molecule has 0 bridgehead atoms. The molecule has 1 aromatic heterocycles. The zero-order chi connectivity index (χ0) is 22.8. The first-order valence-electron chi connectivity index (χ1n) is 9.43. The Hall–Kier alpha value is -3.13. The van der Waals surface area contributed by atoms with Gasteiger partial charge in [0, 0.05) is 29.9 Å². The van der Waals surface area contributed by atoms with Gasteiger partial charge in [0.2, 0.25) is 5.43 Å². The predicted octanol–water partition coefficient (Wildman–Crippen LogP) is 4.88. The number of aryl methyl sites for hydroxylation is 1. The summed E-state index contributed by atoms with van der Waals surface area (Å²) < 4.78 is 41.4. The van der Waals surface area contributed by atoms with Crippen molar-refractivity contribution in [3.05, 3.63) is 92.4 Å². The lowest BCUT2D eigenvalue weighted by Crippen LogP contribution is -2.36. The van der Waals surface area contributed by atoms with E-state index in [2.05, 4.69) is 5.10 Å². The lowest BCUT2D eigenvalue weighted by molar-refractivity contribution is -0.137. The fourth-order valence-electron chi connectivity index (χ4n) is 3.17. The van der Waals surface area contributed by atoms with Crippen molar-refractivity contribution in [2.24, 2.45) is 0 Å². The molecule has 1 heterocycles. The lowest BCUT2D eigenvalue weighted by Gasteiger charge is -2.22. The van der Waals surface area contributed by atoms with Crippen LogP contribution in [0.15, 0.2) is 59.4 Å². The normalized spacial score (nSPS) is 11.4. The van der Waals surface area contributed by atoms with Gasteiger partial charge in [0.1, 0.15) is 0 Å². The van der Waals surface area contributed by atoms with Crippen LogP contribution in [0.3, 0.4) is 0 Å². The maximum atomic E-state index is 13.5. The molecule has 0 radical (unpaired) electrons. The molecule has 3 rings (SSSR count). The highest BCUT2D eigenvalue weighted by Gasteiger charge is 2.34. The summed E-state index contributed by atoms with van der Waals surface area (Å²) in [6.45, 7) is 3.62. The molecule has 0 N–H and O–H groups in total. The number of halogens is 4. The van der Waals surface area contributed by atoms with Crippen molar-refractivity contribution in [3.8, 4) is 5.69 Å². The Kier molecular flexibility index (Phi) is 6.50. The van der Waals surface area contributed by atoms with Crippen LogP contribution in [-0.4, -0.2) is 27.1 Å². The average molecular weight is 450 g/mol. The van der Waals surface area contributed by atoms with Crippen molar-refractivity contribution in [2.45, 2.75) is 26.6 Å². The van der Waals surface area contributed by atoms with Gasteiger partial charge >= 0.3 is 6.18 Å². The number of nitrogens with zero attached hydrogens (tertiary/aromatic N) is 3. The van der Waals surface area contributed by atoms with Crippen molar-refractivity contribution in [3.63, 3.8) is 0 Å². The van der Waals surface area contributed by atoms with Gasteiger partial charge in [-0.05, 0) is 43.7 Å². The number of benzene rings is 2. The molecule has 2 aromatic carbocycles. The Morgan fingerprint density at radius 2 is 1.84 bits per heavy atom. The van der Waals surface area contributed by atoms with Gasteiger partial charge < -0.3 is 4.90 Å². The minimum Gasteiger partial charge on any atom is -0.333 e. The van der Waals surface area contributed by atoms with Gasteiger partial charge in [-0.2, -0.15) is 18.3 Å². The number of carbonyl (C=O) groups excluding carboxylic acids is 1. The average Bonchev–Trinajstić information content (AvgIpc) is 2.71. The van der Waals surface area contributed by atoms with E-state index in [4.69, 9.17) is 11.6 Å². The third-order valence-electron chi connectivity index (χ3n) is 4.68. The van der Waals surface area contributed by atoms with Crippen molar-refractivity contribution in [1.82, 2.24) is 14.7 Å². The third kappa shape index (κ3) is 4.96. The van der Waals surface area contributed by atoms with Crippen LogP contribution in [0.5, 0.6) is 0 Å². The molecule has 162 valence electrons. The van der Waals surface area contributed by atoms with Gasteiger partial charge in [-0.3, -0.25) is 9.59 Å². The van der Waals surface area contributed by atoms with Gasteiger partial charge in [0.25, 0.3) is 5.91 Å². The van der Waals surface area contributed by atoms with Gasteiger partial charge in [0.15, 0.2) is 5.69 Å². The molecule has 31 heavy (non-hydrogen) atoms. The minimum absolute atomic E-state index is 0.171. The van der Waals surface area contributed by atoms with Crippen LogP contribution in [0.25, 0.3) is 5.69 Å². The summed E-state index contributed by atoms with van der Waals surface area (Å²) in [5.41, 5.74) is -1.37. The van der Waals surface area contributed by atoms with E-state index >= 15 is 0 Å². The molecule has 0 aliphatic heterocycles. The summed E-state index contributed by atoms with van der Waals surface area (Å²) in [6.07, 6.45) is -4.62. The van der Waals surface area contributed by atoms with Gasteiger partial charge in [0.05, 0.1) is 11.3 Å². The van der Waals surface area contributed by atoms with E-state index in [1.807, 2.05) is 0 Å². The number of carbonyl (C=O) groups is 1. The van der Waals surface area contributed by atoms with Crippen LogP contribution < -0.4 is 5.43 Å².